The van der Waals surface area contributed by atoms with E-state index in [0.29, 0.717) is 36.1 Å². The number of amides is 3. The summed E-state index contributed by atoms with van der Waals surface area (Å²) in [5.41, 5.74) is 2.37. The van der Waals surface area contributed by atoms with Crippen LogP contribution in [-0.2, 0) is 35.2 Å². The predicted octanol–water partition coefficient (Wildman–Crippen LogP) is 2.69. The molecule has 2 aromatic rings. The molecule has 194 valence electrons. The molecule has 1 aromatic heterocycles. The first kappa shape index (κ1) is 25.9. The van der Waals surface area contributed by atoms with E-state index < -0.39 is 17.8 Å². The van der Waals surface area contributed by atoms with Gasteiger partial charge in [0.1, 0.15) is 11.5 Å². The minimum absolute atomic E-state index is 0.0405. The van der Waals surface area contributed by atoms with Gasteiger partial charge in [-0.15, -0.1) is 0 Å². The summed E-state index contributed by atoms with van der Waals surface area (Å²) in [4.78, 5) is 51.6. The van der Waals surface area contributed by atoms with Crippen molar-refractivity contribution in [2.45, 2.75) is 39.3 Å². The lowest BCUT2D eigenvalue weighted by Crippen LogP contribution is -2.34. The number of hydrogen-bond acceptors (Lipinski definition) is 7. The number of rotatable bonds is 7. The molecule has 2 aliphatic heterocycles. The molecule has 0 aliphatic carbocycles. The second-order valence-corrected chi connectivity index (χ2v) is 8.87. The number of hydrogen-bond donors (Lipinski definition) is 2. The lowest BCUT2D eigenvalue weighted by Gasteiger charge is -2.21. The fourth-order valence-corrected chi connectivity index (χ4v) is 4.22. The first-order chi connectivity index (χ1) is 17.8. The molecule has 0 spiro atoms. The molecule has 10 heteroatoms. The molecular weight excluding hydrogens is 478 g/mol. The molecule has 37 heavy (non-hydrogen) atoms. The lowest BCUT2D eigenvalue weighted by atomic mass is 10.1. The Bertz CT molecular complexity index is 1270. The van der Waals surface area contributed by atoms with Gasteiger partial charge in [-0.2, -0.15) is 0 Å². The zero-order valence-electron chi connectivity index (χ0n) is 21.0. The van der Waals surface area contributed by atoms with Crippen molar-refractivity contribution in [3.05, 3.63) is 70.3 Å². The summed E-state index contributed by atoms with van der Waals surface area (Å²) in [5.74, 6) is -1.91. The maximum atomic E-state index is 13.2. The van der Waals surface area contributed by atoms with E-state index in [9.17, 15) is 19.2 Å². The zero-order chi connectivity index (χ0) is 26.5. The number of nitrogens with one attached hydrogen (secondary N) is 2. The Morgan fingerprint density at radius 3 is 2.54 bits per heavy atom. The van der Waals surface area contributed by atoms with Crippen LogP contribution in [-0.4, -0.2) is 55.0 Å². The summed E-state index contributed by atoms with van der Waals surface area (Å²) < 4.78 is 16.3. The van der Waals surface area contributed by atoms with Crippen LogP contribution in [0, 0.1) is 6.92 Å². The summed E-state index contributed by atoms with van der Waals surface area (Å²) in [6, 6.07) is 10.3. The summed E-state index contributed by atoms with van der Waals surface area (Å²) >= 11 is 0. The van der Waals surface area contributed by atoms with Crippen LogP contribution in [0.1, 0.15) is 36.8 Å². The Labute approximate surface area is 214 Å². The molecule has 1 aromatic carbocycles. The SMILES string of the molecule is COC(=O)C1=C(C)N(C[C@@H]2CCCO2)C(=O)/C1=C\c1ccc(CNC(=O)C(=O)Nc2ccc(C)cc2)o1. The molecule has 4 rings (SSSR count). The number of aryl methyl sites for hydroxylation is 1. The van der Waals surface area contributed by atoms with Gasteiger partial charge in [0.2, 0.25) is 0 Å². The Balaban J connectivity index is 1.42. The van der Waals surface area contributed by atoms with Crippen molar-refractivity contribution in [3.8, 4) is 0 Å². The average molecular weight is 508 g/mol. The van der Waals surface area contributed by atoms with E-state index in [1.165, 1.54) is 18.1 Å². The van der Waals surface area contributed by atoms with Gasteiger partial charge in [0, 0.05) is 18.0 Å². The van der Waals surface area contributed by atoms with Crippen LogP contribution in [0.3, 0.4) is 0 Å². The molecule has 1 saturated heterocycles. The number of carbonyl (C=O) groups is 4. The minimum atomic E-state index is -0.820. The molecule has 3 amide bonds. The van der Waals surface area contributed by atoms with Crippen molar-refractivity contribution in [2.24, 2.45) is 0 Å². The van der Waals surface area contributed by atoms with Crippen LogP contribution < -0.4 is 10.6 Å². The topological polar surface area (TPSA) is 127 Å². The molecule has 0 bridgehead atoms. The molecule has 0 saturated carbocycles. The smallest absolute Gasteiger partial charge is 0.340 e. The minimum Gasteiger partial charge on any atom is -0.465 e. The number of furan rings is 1. The lowest BCUT2D eigenvalue weighted by molar-refractivity contribution is -0.136. The number of esters is 1. The maximum Gasteiger partial charge on any atom is 0.340 e. The number of benzene rings is 1. The first-order valence-electron chi connectivity index (χ1n) is 12.0. The van der Waals surface area contributed by atoms with Crippen LogP contribution in [0.2, 0.25) is 0 Å². The van der Waals surface area contributed by atoms with Gasteiger partial charge < -0.3 is 29.4 Å². The Morgan fingerprint density at radius 2 is 1.86 bits per heavy atom. The van der Waals surface area contributed by atoms with Crippen molar-refractivity contribution in [2.75, 3.05) is 25.6 Å². The fraction of sp³-hybridized carbons (Fsp3) is 0.333. The number of nitrogens with zero attached hydrogens (tertiary/aromatic N) is 1. The summed E-state index contributed by atoms with van der Waals surface area (Å²) in [5, 5.41) is 5.03. The maximum absolute atomic E-state index is 13.2. The third-order valence-electron chi connectivity index (χ3n) is 6.22. The summed E-state index contributed by atoms with van der Waals surface area (Å²) in [7, 11) is 1.26. The highest BCUT2D eigenvalue weighted by atomic mass is 16.5. The largest absolute Gasteiger partial charge is 0.465 e. The zero-order valence-corrected chi connectivity index (χ0v) is 21.0. The van der Waals surface area contributed by atoms with Gasteiger partial charge in [-0.25, -0.2) is 4.79 Å². The van der Waals surface area contributed by atoms with E-state index in [-0.39, 0.29) is 29.7 Å². The van der Waals surface area contributed by atoms with Crippen molar-refractivity contribution in [3.63, 3.8) is 0 Å². The molecule has 2 N–H and O–H groups in total. The van der Waals surface area contributed by atoms with Gasteiger partial charge in [-0.05, 0) is 57.0 Å². The first-order valence-corrected chi connectivity index (χ1v) is 12.0. The van der Waals surface area contributed by atoms with Gasteiger partial charge in [0.05, 0.1) is 37.4 Å². The molecule has 3 heterocycles. The van der Waals surface area contributed by atoms with Crippen LogP contribution in [0.15, 0.2) is 57.7 Å². The van der Waals surface area contributed by atoms with E-state index in [0.717, 1.165) is 18.4 Å². The van der Waals surface area contributed by atoms with E-state index >= 15 is 0 Å². The normalized spacial score (nSPS) is 18.5. The average Bonchev–Trinajstić information content (AvgIpc) is 3.62. The quantitative estimate of drug-likeness (QED) is 0.335. The molecule has 0 unspecified atom stereocenters. The predicted molar refractivity (Wildman–Crippen MR) is 134 cm³/mol. The summed E-state index contributed by atoms with van der Waals surface area (Å²) in [6.07, 6.45) is 3.17. The van der Waals surface area contributed by atoms with Crippen LogP contribution >= 0.6 is 0 Å². The van der Waals surface area contributed by atoms with Crippen LogP contribution in [0.5, 0.6) is 0 Å². The van der Waals surface area contributed by atoms with Crippen molar-refractivity contribution in [1.82, 2.24) is 10.2 Å². The van der Waals surface area contributed by atoms with Crippen LogP contribution in [0.25, 0.3) is 6.08 Å². The molecule has 0 radical (unpaired) electrons. The highest BCUT2D eigenvalue weighted by Gasteiger charge is 2.38. The van der Waals surface area contributed by atoms with Gasteiger partial charge in [0.25, 0.3) is 5.91 Å². The number of carbonyl (C=O) groups excluding carboxylic acids is 4. The van der Waals surface area contributed by atoms with E-state index in [1.807, 2.05) is 19.1 Å². The second-order valence-electron chi connectivity index (χ2n) is 8.87. The second kappa shape index (κ2) is 11.3. The van der Waals surface area contributed by atoms with E-state index in [2.05, 4.69) is 10.6 Å². The third kappa shape index (κ3) is 5.97. The van der Waals surface area contributed by atoms with E-state index in [1.54, 1.807) is 31.2 Å². The molecule has 10 nitrogen and oxygen atoms in total. The van der Waals surface area contributed by atoms with Gasteiger partial charge in [0.15, 0.2) is 0 Å². The third-order valence-corrected chi connectivity index (χ3v) is 6.22. The van der Waals surface area contributed by atoms with Crippen molar-refractivity contribution in [1.29, 1.82) is 0 Å². The number of allylic oxidation sites excluding steroid dienone is 1. The van der Waals surface area contributed by atoms with Crippen molar-refractivity contribution < 1.29 is 33.1 Å². The molecular formula is C27H29N3O7. The van der Waals surface area contributed by atoms with Crippen LogP contribution in [0.4, 0.5) is 5.69 Å². The monoisotopic (exact) mass is 507 g/mol. The number of methoxy groups -OCH3 is 1. The van der Waals surface area contributed by atoms with Gasteiger partial charge in [-0.3, -0.25) is 14.4 Å². The summed E-state index contributed by atoms with van der Waals surface area (Å²) in [6.45, 7) is 4.58. The highest BCUT2D eigenvalue weighted by Crippen LogP contribution is 2.33. The van der Waals surface area contributed by atoms with E-state index in [4.69, 9.17) is 13.9 Å². The Hall–Kier alpha value is -4.18. The number of ether oxygens (including phenoxy) is 2. The highest BCUT2D eigenvalue weighted by molar-refractivity contribution is 6.39. The molecule has 2 aliphatic rings. The molecule has 1 fully saturated rings. The Morgan fingerprint density at radius 1 is 1.11 bits per heavy atom. The Kier molecular flexibility index (Phi) is 7.88. The van der Waals surface area contributed by atoms with Crippen molar-refractivity contribution >= 4 is 35.5 Å². The molecule has 1 atom stereocenters. The fourth-order valence-electron chi connectivity index (χ4n) is 4.22. The standard InChI is InChI=1S/C27H29N3O7/c1-16-6-8-18(9-7-16)29-25(32)24(31)28-14-20-11-10-19(37-20)13-22-23(27(34)35-3)17(2)30(26(22)33)15-21-5-4-12-36-21/h6-11,13,21H,4-5,12,14-15H2,1-3H3,(H,28,31)(H,29,32)/b22-13-/t21-/m0/s1. The van der Waals surface area contributed by atoms with Gasteiger partial charge in [-0.1, -0.05) is 17.7 Å². The van der Waals surface area contributed by atoms with Gasteiger partial charge >= 0.3 is 17.8 Å². The number of anilines is 1.